The molecule has 0 unspecified atom stereocenters. The van der Waals surface area contributed by atoms with Gasteiger partial charge in [-0.25, -0.2) is 0 Å². The lowest BCUT2D eigenvalue weighted by Gasteiger charge is -2.25. The number of aryl methyl sites for hydroxylation is 1. The second kappa shape index (κ2) is 5.66. The van der Waals surface area contributed by atoms with E-state index in [1.165, 1.54) is 0 Å². The van der Waals surface area contributed by atoms with Gasteiger partial charge in [-0.3, -0.25) is 25.3 Å². The van der Waals surface area contributed by atoms with Crippen LogP contribution in [-0.4, -0.2) is 22.4 Å². The molecule has 110 valence electrons. The first-order valence-corrected chi connectivity index (χ1v) is 6.36. The predicted molar refractivity (Wildman–Crippen MR) is 79.3 cm³/mol. The Balaban J connectivity index is 2.29. The number of nitrogens with two attached hydrogens (primary N) is 1. The molecule has 7 heteroatoms. The molecule has 0 aromatic heterocycles. The zero-order chi connectivity index (χ0) is 15.6. The maximum absolute atomic E-state index is 11.2. The highest BCUT2D eigenvalue weighted by Gasteiger charge is 2.18. The molecule has 1 aromatic rings. The van der Waals surface area contributed by atoms with Gasteiger partial charge in [-0.1, -0.05) is 18.2 Å². The molecule has 0 aliphatic carbocycles. The molecular formula is C14H16N4O3. The molecule has 0 bridgehead atoms. The third kappa shape index (κ3) is 3.02. The number of rotatable bonds is 4. The van der Waals surface area contributed by atoms with Gasteiger partial charge in [-0.2, -0.15) is 0 Å². The molecule has 3 N–H and O–H groups in total. The van der Waals surface area contributed by atoms with Gasteiger partial charge in [0.1, 0.15) is 0 Å². The van der Waals surface area contributed by atoms with Crippen LogP contribution < -0.4 is 11.2 Å². The number of anilines is 1. The van der Waals surface area contributed by atoms with Crippen molar-refractivity contribution in [1.82, 2.24) is 5.01 Å². The maximum Gasteiger partial charge on any atom is 0.277 e. The van der Waals surface area contributed by atoms with E-state index in [0.717, 1.165) is 0 Å². The topological polar surface area (TPSA) is 102 Å². The number of nitrogens with one attached hydrogen (secondary N) is 1. The molecule has 0 saturated heterocycles. The second-order valence-electron chi connectivity index (χ2n) is 4.78. The normalized spacial score (nSPS) is 13.8. The summed E-state index contributed by atoms with van der Waals surface area (Å²) in [7, 11) is 0. The Bertz CT molecular complexity index is 664. The molecule has 1 aliphatic heterocycles. The van der Waals surface area contributed by atoms with Gasteiger partial charge in [-0.15, -0.1) is 0 Å². The van der Waals surface area contributed by atoms with E-state index in [0.29, 0.717) is 28.9 Å². The smallest absolute Gasteiger partial charge is 0.277 e. The Labute approximate surface area is 121 Å². The molecule has 21 heavy (non-hydrogen) atoms. The fourth-order valence-electron chi connectivity index (χ4n) is 2.17. The maximum atomic E-state index is 11.2. The number of benzene rings is 1. The summed E-state index contributed by atoms with van der Waals surface area (Å²) >= 11 is 0. The number of primary amides is 1. The Kier molecular flexibility index (Phi) is 3.93. The molecule has 0 atom stereocenters. The Hall–Kier alpha value is -2.83. The average Bonchev–Trinajstić information content (AvgIpc) is 2.42. The number of nitrogens with zero attached hydrogens (tertiary/aromatic N) is 2. The fraction of sp³-hybridized carbons (Fsp3) is 0.214. The van der Waals surface area contributed by atoms with Crippen LogP contribution in [0, 0.1) is 24.0 Å². The van der Waals surface area contributed by atoms with Gasteiger partial charge in [0, 0.05) is 11.8 Å². The third-order valence-electron chi connectivity index (χ3n) is 3.26. The van der Waals surface area contributed by atoms with Crippen LogP contribution in [0.4, 0.5) is 11.4 Å². The summed E-state index contributed by atoms with van der Waals surface area (Å²) in [6.07, 6.45) is 5.00. The van der Waals surface area contributed by atoms with Crippen LogP contribution in [0.3, 0.4) is 0 Å². The van der Waals surface area contributed by atoms with Crippen LogP contribution in [0.15, 0.2) is 36.1 Å². The van der Waals surface area contributed by atoms with Crippen LogP contribution in [0.5, 0.6) is 0 Å². The summed E-state index contributed by atoms with van der Waals surface area (Å²) in [5.41, 5.74) is 10.5. The quantitative estimate of drug-likeness (QED) is 0.649. The van der Waals surface area contributed by atoms with Crippen LogP contribution in [0.25, 0.3) is 0 Å². The molecule has 0 spiro atoms. The number of hydrogen-bond donors (Lipinski definition) is 2. The van der Waals surface area contributed by atoms with Crippen molar-refractivity contribution in [3.63, 3.8) is 0 Å². The molecule has 1 amide bonds. The summed E-state index contributed by atoms with van der Waals surface area (Å²) in [6.45, 7) is 3.91. The number of hydrazine groups is 1. The number of nitro benzene ring substituents is 1. The summed E-state index contributed by atoms with van der Waals surface area (Å²) in [5, 5.41) is 12.8. The number of nitro groups is 1. The third-order valence-corrected chi connectivity index (χ3v) is 3.26. The molecule has 0 saturated carbocycles. The largest absolute Gasteiger partial charge is 0.366 e. The highest BCUT2D eigenvalue weighted by molar-refractivity contribution is 5.94. The SMILES string of the molecule is Cc1ccc(NN2C=C(C(N)=O)C=CC2)c(C)c1[N+](=O)[O-]. The first kappa shape index (κ1) is 14.6. The lowest BCUT2D eigenvalue weighted by atomic mass is 10.1. The van der Waals surface area contributed by atoms with Crippen molar-refractivity contribution in [2.75, 3.05) is 12.0 Å². The van der Waals surface area contributed by atoms with E-state index in [2.05, 4.69) is 5.43 Å². The van der Waals surface area contributed by atoms with E-state index in [1.807, 2.05) is 0 Å². The highest BCUT2D eigenvalue weighted by Crippen LogP contribution is 2.29. The van der Waals surface area contributed by atoms with Crippen LogP contribution in [0.2, 0.25) is 0 Å². The van der Waals surface area contributed by atoms with Gasteiger partial charge in [-0.05, 0) is 19.9 Å². The number of carbonyl (C=O) groups is 1. The molecule has 0 radical (unpaired) electrons. The molecule has 0 fully saturated rings. The Morgan fingerprint density at radius 3 is 2.76 bits per heavy atom. The standard InChI is InChI=1S/C14H16N4O3/c1-9-5-6-12(10(2)13(9)18(20)21)16-17-7-3-4-11(8-17)14(15)19/h3-6,8,16H,7H2,1-2H3,(H2,15,19). The van der Waals surface area contributed by atoms with Crippen LogP contribution >= 0.6 is 0 Å². The molecule has 1 aromatic carbocycles. The van der Waals surface area contributed by atoms with Crippen molar-refractivity contribution in [1.29, 1.82) is 0 Å². The number of hydrogen-bond acceptors (Lipinski definition) is 5. The van der Waals surface area contributed by atoms with Gasteiger partial charge >= 0.3 is 0 Å². The average molecular weight is 288 g/mol. The second-order valence-corrected chi connectivity index (χ2v) is 4.78. The predicted octanol–water partition coefficient (Wildman–Crippen LogP) is 1.78. The van der Waals surface area contributed by atoms with Gasteiger partial charge in [0.2, 0.25) is 5.91 Å². The van der Waals surface area contributed by atoms with Crippen LogP contribution in [-0.2, 0) is 4.79 Å². The van der Waals surface area contributed by atoms with Gasteiger partial charge in [0.05, 0.1) is 28.3 Å². The summed E-state index contributed by atoms with van der Waals surface area (Å²) in [5.74, 6) is -0.524. The van der Waals surface area contributed by atoms with E-state index in [-0.39, 0.29) is 5.69 Å². The summed E-state index contributed by atoms with van der Waals surface area (Å²) in [6, 6.07) is 3.46. The molecule has 1 aliphatic rings. The summed E-state index contributed by atoms with van der Waals surface area (Å²) in [4.78, 5) is 21.9. The zero-order valence-electron chi connectivity index (χ0n) is 11.8. The minimum Gasteiger partial charge on any atom is -0.366 e. The number of carbonyl (C=O) groups excluding carboxylic acids is 1. The molecule has 7 nitrogen and oxygen atoms in total. The van der Waals surface area contributed by atoms with E-state index < -0.39 is 10.8 Å². The van der Waals surface area contributed by atoms with Gasteiger partial charge in [0.25, 0.3) is 5.69 Å². The van der Waals surface area contributed by atoms with Crippen molar-refractivity contribution < 1.29 is 9.72 Å². The van der Waals surface area contributed by atoms with Gasteiger partial charge < -0.3 is 5.73 Å². The van der Waals surface area contributed by atoms with Gasteiger partial charge in [0.15, 0.2) is 0 Å². The molecule has 1 heterocycles. The van der Waals surface area contributed by atoms with Crippen molar-refractivity contribution >= 4 is 17.3 Å². The Morgan fingerprint density at radius 1 is 1.43 bits per heavy atom. The van der Waals surface area contributed by atoms with Crippen LogP contribution in [0.1, 0.15) is 11.1 Å². The molecule has 2 rings (SSSR count). The zero-order valence-corrected chi connectivity index (χ0v) is 11.8. The minimum absolute atomic E-state index is 0.0895. The van der Waals surface area contributed by atoms with Crippen molar-refractivity contribution in [3.05, 3.63) is 57.3 Å². The van der Waals surface area contributed by atoms with E-state index in [9.17, 15) is 14.9 Å². The van der Waals surface area contributed by atoms with E-state index in [4.69, 9.17) is 5.73 Å². The Morgan fingerprint density at radius 2 is 2.14 bits per heavy atom. The van der Waals surface area contributed by atoms with Crippen molar-refractivity contribution in [3.8, 4) is 0 Å². The van der Waals surface area contributed by atoms with E-state index >= 15 is 0 Å². The first-order chi connectivity index (χ1) is 9.90. The van der Waals surface area contributed by atoms with E-state index in [1.54, 1.807) is 49.3 Å². The fourth-order valence-corrected chi connectivity index (χ4v) is 2.17. The number of amides is 1. The minimum atomic E-state index is -0.524. The highest BCUT2D eigenvalue weighted by atomic mass is 16.6. The lowest BCUT2D eigenvalue weighted by Crippen LogP contribution is -2.29. The summed E-state index contributed by atoms with van der Waals surface area (Å²) < 4.78 is 0. The lowest BCUT2D eigenvalue weighted by molar-refractivity contribution is -0.386. The molecular weight excluding hydrogens is 272 g/mol. The van der Waals surface area contributed by atoms with Crippen molar-refractivity contribution in [2.24, 2.45) is 5.73 Å². The van der Waals surface area contributed by atoms with Crippen molar-refractivity contribution in [2.45, 2.75) is 13.8 Å². The first-order valence-electron chi connectivity index (χ1n) is 6.36. The monoisotopic (exact) mass is 288 g/mol.